The van der Waals surface area contributed by atoms with Crippen LogP contribution in [0.25, 0.3) is 23.0 Å². The molecule has 1 amide bonds. The molecule has 0 unspecified atom stereocenters. The highest BCUT2D eigenvalue weighted by atomic mass is 35.5. The van der Waals surface area contributed by atoms with Crippen molar-refractivity contribution in [2.24, 2.45) is 0 Å². The third-order valence-electron chi connectivity index (χ3n) is 6.65. The summed E-state index contributed by atoms with van der Waals surface area (Å²) in [6.07, 6.45) is 3.50. The topological polar surface area (TPSA) is 74.4 Å². The average Bonchev–Trinajstić information content (AvgIpc) is 3.40. The number of likely N-dealkylation sites (N-methyl/N-ethyl adjacent to an activating group) is 1. The number of benzene rings is 3. The summed E-state index contributed by atoms with van der Waals surface area (Å²) in [7, 11) is 2.03. The van der Waals surface area contributed by atoms with Gasteiger partial charge in [-0.1, -0.05) is 41.9 Å². The quantitative estimate of drug-likeness (QED) is 0.231. The van der Waals surface area contributed by atoms with Crippen LogP contribution in [0.5, 0.6) is 5.75 Å². The zero-order valence-electron chi connectivity index (χ0n) is 21.6. The normalized spacial score (nSPS) is 14.2. The number of halogens is 1. The molecule has 0 radical (unpaired) electrons. The van der Waals surface area contributed by atoms with Gasteiger partial charge in [0.2, 0.25) is 0 Å². The Kier molecular flexibility index (Phi) is 8.07. The third-order valence-corrected chi connectivity index (χ3v) is 6.90. The van der Waals surface area contributed by atoms with Gasteiger partial charge in [0.15, 0.2) is 0 Å². The Bertz CT molecular complexity index is 1500. The molecule has 2 heterocycles. The number of ether oxygens (including phenoxy) is 1. The van der Waals surface area contributed by atoms with Crippen LogP contribution < -0.4 is 4.74 Å². The van der Waals surface area contributed by atoms with Crippen LogP contribution in [-0.2, 0) is 11.4 Å². The van der Waals surface area contributed by atoms with Crippen LogP contribution in [0.1, 0.15) is 11.1 Å². The molecule has 1 aliphatic heterocycles. The monoisotopic (exact) mass is 537 g/mol. The molecule has 0 atom stereocenters. The van der Waals surface area contributed by atoms with Crippen molar-refractivity contribution in [3.05, 3.63) is 107 Å². The van der Waals surface area contributed by atoms with Gasteiger partial charge in [0.25, 0.3) is 5.91 Å². The maximum Gasteiger partial charge on any atom is 0.264 e. The lowest BCUT2D eigenvalue weighted by molar-refractivity contribution is -0.128. The van der Waals surface area contributed by atoms with E-state index >= 15 is 0 Å². The lowest BCUT2D eigenvalue weighted by Gasteiger charge is -2.32. The van der Waals surface area contributed by atoms with Crippen LogP contribution in [0.2, 0.25) is 5.02 Å². The molecule has 196 valence electrons. The first-order valence-corrected chi connectivity index (χ1v) is 13.1. The highest BCUT2D eigenvalue weighted by molar-refractivity contribution is 6.30. The lowest BCUT2D eigenvalue weighted by Crippen LogP contribution is -2.47. The SMILES string of the molecule is CN1CCN(C(=O)C(C#N)=Cc2cn(-c3ccccc3)nc2-c2ccc(OCc3ccc(Cl)cc3)cc2)CC1. The van der Waals surface area contributed by atoms with Crippen molar-refractivity contribution < 1.29 is 9.53 Å². The molecule has 0 bridgehead atoms. The Morgan fingerprint density at radius 1 is 1.00 bits per heavy atom. The van der Waals surface area contributed by atoms with Crippen molar-refractivity contribution in [2.75, 3.05) is 33.2 Å². The molecule has 0 spiro atoms. The lowest BCUT2D eigenvalue weighted by atomic mass is 10.1. The van der Waals surface area contributed by atoms with E-state index in [4.69, 9.17) is 21.4 Å². The standard InChI is InChI=1S/C31H28ClN5O2/c1-35-15-17-36(18-16-35)31(38)25(20-33)19-26-21-37(28-5-3-2-4-6-28)34-30(26)24-9-13-29(14-10-24)39-22-23-7-11-27(32)12-8-23/h2-14,19,21H,15-18,22H2,1H3. The average molecular weight is 538 g/mol. The molecule has 0 saturated carbocycles. The minimum absolute atomic E-state index is 0.0938. The molecule has 0 aliphatic carbocycles. The zero-order chi connectivity index (χ0) is 27.2. The van der Waals surface area contributed by atoms with E-state index in [1.807, 2.05) is 92.1 Å². The van der Waals surface area contributed by atoms with Gasteiger partial charge in [0, 0.05) is 48.5 Å². The van der Waals surface area contributed by atoms with Crippen molar-refractivity contribution in [2.45, 2.75) is 6.61 Å². The Hall–Kier alpha value is -4.38. The van der Waals surface area contributed by atoms with Crippen molar-refractivity contribution in [1.82, 2.24) is 19.6 Å². The number of hydrogen-bond donors (Lipinski definition) is 0. The maximum absolute atomic E-state index is 13.2. The molecule has 1 saturated heterocycles. The highest BCUT2D eigenvalue weighted by Crippen LogP contribution is 2.28. The molecule has 3 aromatic carbocycles. The predicted molar refractivity (Wildman–Crippen MR) is 152 cm³/mol. The molecule has 5 rings (SSSR count). The molecular formula is C31H28ClN5O2. The molecule has 1 aromatic heterocycles. The van der Waals surface area contributed by atoms with Gasteiger partial charge < -0.3 is 14.5 Å². The van der Waals surface area contributed by atoms with Gasteiger partial charge >= 0.3 is 0 Å². The van der Waals surface area contributed by atoms with Gasteiger partial charge in [-0.15, -0.1) is 0 Å². The van der Waals surface area contributed by atoms with E-state index in [1.165, 1.54) is 0 Å². The summed E-state index contributed by atoms with van der Waals surface area (Å²) in [6, 6.07) is 27.0. The van der Waals surface area contributed by atoms with E-state index in [9.17, 15) is 10.1 Å². The summed E-state index contributed by atoms with van der Waals surface area (Å²) in [5, 5.41) is 15.4. The van der Waals surface area contributed by atoms with Crippen LogP contribution in [0.15, 0.2) is 90.6 Å². The number of aromatic nitrogens is 2. The number of piperazine rings is 1. The van der Waals surface area contributed by atoms with Crippen LogP contribution in [0.4, 0.5) is 0 Å². The van der Waals surface area contributed by atoms with Gasteiger partial charge in [0.1, 0.15) is 24.0 Å². The van der Waals surface area contributed by atoms with Gasteiger partial charge in [-0.25, -0.2) is 4.68 Å². The number of nitriles is 1. The fourth-order valence-corrected chi connectivity index (χ4v) is 4.49. The number of carbonyl (C=O) groups is 1. The Morgan fingerprint density at radius 2 is 1.69 bits per heavy atom. The summed E-state index contributed by atoms with van der Waals surface area (Å²) in [5.74, 6) is 0.464. The number of hydrogen-bond acceptors (Lipinski definition) is 5. The van der Waals surface area contributed by atoms with Crippen LogP contribution in [0.3, 0.4) is 0 Å². The van der Waals surface area contributed by atoms with Crippen molar-refractivity contribution in [3.8, 4) is 28.8 Å². The number of rotatable bonds is 7. The molecule has 39 heavy (non-hydrogen) atoms. The zero-order valence-corrected chi connectivity index (χ0v) is 22.4. The van der Waals surface area contributed by atoms with Gasteiger partial charge in [-0.05, 0) is 67.2 Å². The molecule has 4 aromatic rings. The largest absolute Gasteiger partial charge is 0.489 e. The van der Waals surface area contributed by atoms with E-state index in [0.29, 0.717) is 36.0 Å². The first-order valence-electron chi connectivity index (χ1n) is 12.7. The van der Waals surface area contributed by atoms with Crippen molar-refractivity contribution >= 4 is 23.6 Å². The molecule has 8 heteroatoms. The molecule has 0 N–H and O–H groups in total. The summed E-state index contributed by atoms with van der Waals surface area (Å²) < 4.78 is 7.70. The number of carbonyl (C=O) groups excluding carboxylic acids is 1. The second-order valence-electron chi connectivity index (χ2n) is 9.42. The molecule has 1 aliphatic rings. The maximum atomic E-state index is 13.2. The van der Waals surface area contributed by atoms with E-state index in [2.05, 4.69) is 11.0 Å². The predicted octanol–water partition coefficient (Wildman–Crippen LogP) is 5.45. The minimum atomic E-state index is -0.255. The van der Waals surface area contributed by atoms with Crippen LogP contribution in [-0.4, -0.2) is 58.7 Å². The van der Waals surface area contributed by atoms with E-state index < -0.39 is 0 Å². The van der Waals surface area contributed by atoms with Gasteiger partial charge in [0.05, 0.1) is 11.4 Å². The Balaban J connectivity index is 1.43. The Morgan fingerprint density at radius 3 is 2.36 bits per heavy atom. The second-order valence-corrected chi connectivity index (χ2v) is 9.85. The molecule has 7 nitrogen and oxygen atoms in total. The first-order chi connectivity index (χ1) is 19.0. The summed E-state index contributed by atoms with van der Waals surface area (Å²) in [4.78, 5) is 17.1. The molecule has 1 fully saturated rings. The van der Waals surface area contributed by atoms with Gasteiger partial charge in [-0.3, -0.25) is 4.79 Å². The summed E-state index contributed by atoms with van der Waals surface area (Å²) in [5.41, 5.74) is 4.20. The number of amides is 1. The van der Waals surface area contributed by atoms with E-state index in [0.717, 1.165) is 35.7 Å². The Labute approximate surface area is 233 Å². The third kappa shape index (κ3) is 6.37. The number of nitrogens with zero attached hydrogens (tertiary/aromatic N) is 5. The first kappa shape index (κ1) is 26.2. The highest BCUT2D eigenvalue weighted by Gasteiger charge is 2.23. The molecular weight excluding hydrogens is 510 g/mol. The van der Waals surface area contributed by atoms with Crippen LogP contribution in [0, 0.1) is 11.3 Å². The number of para-hydroxylation sites is 1. The van der Waals surface area contributed by atoms with E-state index in [1.54, 1.807) is 15.7 Å². The van der Waals surface area contributed by atoms with Crippen LogP contribution >= 0.6 is 11.6 Å². The smallest absolute Gasteiger partial charge is 0.264 e. The fourth-order valence-electron chi connectivity index (χ4n) is 4.36. The summed E-state index contributed by atoms with van der Waals surface area (Å²) >= 11 is 5.97. The fraction of sp³-hybridized carbons (Fsp3) is 0.194. The van der Waals surface area contributed by atoms with E-state index in [-0.39, 0.29) is 11.5 Å². The minimum Gasteiger partial charge on any atom is -0.489 e. The second kappa shape index (κ2) is 12.0. The summed E-state index contributed by atoms with van der Waals surface area (Å²) in [6.45, 7) is 3.19. The van der Waals surface area contributed by atoms with Gasteiger partial charge in [-0.2, -0.15) is 10.4 Å². The van der Waals surface area contributed by atoms with Crippen molar-refractivity contribution in [3.63, 3.8) is 0 Å². The van der Waals surface area contributed by atoms with Crippen molar-refractivity contribution in [1.29, 1.82) is 5.26 Å².